The van der Waals surface area contributed by atoms with Gasteiger partial charge in [0.15, 0.2) is 5.71 Å². The van der Waals surface area contributed by atoms with Crippen LogP contribution in [0.2, 0.25) is 0 Å². The summed E-state index contributed by atoms with van der Waals surface area (Å²) in [7, 11) is -4.17. The number of carbonyl (C=O) groups excluding carboxylic acids is 1. The van der Waals surface area contributed by atoms with E-state index in [2.05, 4.69) is 39.8 Å². The average molecular weight is 811 g/mol. The van der Waals surface area contributed by atoms with Crippen molar-refractivity contribution in [3.63, 3.8) is 0 Å². The van der Waals surface area contributed by atoms with Crippen molar-refractivity contribution in [3.8, 4) is 0 Å². The molecule has 5 aromatic rings. The number of allylic oxidation sites excluding steroid dienone is 4. The van der Waals surface area contributed by atoms with Gasteiger partial charge < -0.3 is 28.5 Å². The smallest absolute Gasteiger partial charge is 0.744 e. The molecular weight excluding hydrogens is 772 g/mol. The maximum atomic E-state index is 12.3. The number of nitrogens with zero attached hydrogens (tertiary/aromatic N) is 3. The van der Waals surface area contributed by atoms with Crippen LogP contribution in [-0.4, -0.2) is 67.4 Å². The van der Waals surface area contributed by atoms with Crippen LogP contribution in [0.5, 0.6) is 0 Å². The zero-order valence-corrected chi connectivity index (χ0v) is 40.2. The molecule has 2 heterocycles. The van der Waals surface area contributed by atoms with E-state index in [9.17, 15) is 35.8 Å². The van der Waals surface area contributed by atoms with Gasteiger partial charge in [0.2, 0.25) is 5.69 Å². The van der Waals surface area contributed by atoms with Crippen LogP contribution in [-0.2, 0) is 37.5 Å². The van der Waals surface area contributed by atoms with Crippen molar-refractivity contribution in [2.75, 3.05) is 25.5 Å². The molecule has 1 aromatic heterocycles. The molecule has 0 amide bonds. The number of carboxylic acid groups (broad SMARTS) is 1. The summed E-state index contributed by atoms with van der Waals surface area (Å²) < 4.78 is 77.5. The van der Waals surface area contributed by atoms with Crippen LogP contribution in [0.3, 0.4) is 0 Å². The first-order valence-electron chi connectivity index (χ1n) is 16.8. The van der Waals surface area contributed by atoms with Gasteiger partial charge in [-0.15, -0.1) is 0 Å². The topological polar surface area (TPSA) is 166 Å². The third kappa shape index (κ3) is 9.41. The van der Waals surface area contributed by atoms with Crippen molar-refractivity contribution in [2.45, 2.75) is 54.7 Å². The van der Waals surface area contributed by atoms with E-state index in [-0.39, 0.29) is 106 Å². The number of hydrogen-bond acceptors (Lipinski definition) is 9. The number of hydrogen-bond donors (Lipinski definition) is 0. The molecule has 0 radical (unpaired) electrons. The number of fused-ring (bicyclic) bond motifs is 3. The summed E-state index contributed by atoms with van der Waals surface area (Å²) in [4.78, 5) is 11.5. The van der Waals surface area contributed by atoms with E-state index in [4.69, 9.17) is 0 Å². The monoisotopic (exact) mass is 810 g/mol. The van der Waals surface area contributed by atoms with E-state index >= 15 is 0 Å². The largest absolute Gasteiger partial charge is 1.00 e. The van der Waals surface area contributed by atoms with Gasteiger partial charge in [0.05, 0.1) is 15.2 Å². The minimum Gasteiger partial charge on any atom is -0.744 e. The molecule has 0 N–H and O–H groups in total. The molecule has 0 bridgehead atoms. The first-order valence-corrected chi connectivity index (χ1v) is 19.6. The molecule has 16 heteroatoms. The van der Waals surface area contributed by atoms with Gasteiger partial charge in [-0.05, 0) is 74.9 Å². The van der Waals surface area contributed by atoms with E-state index < -0.39 is 41.4 Å². The van der Waals surface area contributed by atoms with Crippen molar-refractivity contribution in [1.82, 2.24) is 4.57 Å². The molecule has 0 saturated carbocycles. The normalized spacial score (nSPS) is 14.5. The van der Waals surface area contributed by atoms with E-state index in [1.807, 2.05) is 69.9 Å². The first kappa shape index (κ1) is 47.6. The summed E-state index contributed by atoms with van der Waals surface area (Å²) in [5, 5.41) is 15.7. The fourth-order valence-corrected chi connectivity index (χ4v) is 8.89. The Kier molecular flexibility index (Phi) is 15.9. The molecular formula is C39H39N3Na3O8S2+. The van der Waals surface area contributed by atoms with Gasteiger partial charge >= 0.3 is 88.7 Å². The second-order valence-electron chi connectivity index (χ2n) is 13.8. The number of unbranched alkanes of at least 4 members (excludes halogenated alkanes) is 2. The molecule has 0 aliphatic carbocycles. The maximum Gasteiger partial charge on any atom is 1.00 e. The van der Waals surface area contributed by atoms with Crippen molar-refractivity contribution >= 4 is 81.8 Å². The Morgan fingerprint density at radius 3 is 2.16 bits per heavy atom. The number of carbonyl (C=O) groups is 1. The fourth-order valence-electron chi connectivity index (χ4n) is 7.57. The Morgan fingerprint density at radius 2 is 1.53 bits per heavy atom. The number of benzene rings is 4. The minimum absolute atomic E-state index is 0. The fraction of sp³-hybridized carbons (Fsp3) is 0.282. The van der Waals surface area contributed by atoms with Crippen LogP contribution in [0.4, 0.5) is 11.4 Å². The molecule has 1 aliphatic heterocycles. The van der Waals surface area contributed by atoms with E-state index in [1.165, 1.54) is 16.8 Å². The molecule has 0 atom stereocenters. The Hall–Kier alpha value is -1.82. The van der Waals surface area contributed by atoms with Crippen molar-refractivity contribution in [3.05, 3.63) is 89.8 Å². The summed E-state index contributed by atoms with van der Waals surface area (Å²) >= 11 is 0. The van der Waals surface area contributed by atoms with Crippen LogP contribution in [0, 0.1) is 0 Å². The van der Waals surface area contributed by atoms with Crippen molar-refractivity contribution in [2.24, 2.45) is 7.05 Å². The van der Waals surface area contributed by atoms with Gasteiger partial charge in [0, 0.05) is 89.3 Å². The van der Waals surface area contributed by atoms with E-state index in [0.29, 0.717) is 43.1 Å². The Labute approximate surface area is 388 Å². The second kappa shape index (κ2) is 18.4. The van der Waals surface area contributed by atoms with Gasteiger partial charge in [-0.1, -0.05) is 36.4 Å². The number of carboxylic acids is 1. The molecule has 0 unspecified atom stereocenters. The van der Waals surface area contributed by atoms with Gasteiger partial charge in [0.25, 0.3) is 0 Å². The standard InChI is InChI=1S/C39H41N3O8S2.3Na/c1-39(2)35(16-9-6-8-15-31-28-14-12-13-27-30(40(3)4)20-21-32(37(27)28)41(31)5)42(22-11-7-10-17-36(43)44)33-19-18-26-29(38(33)39)23-25(51(45,46)47)24-34(26)52(48,49)50;;;/h6,8-9,12-16,18-21,23-24H,7,10-11,17,22H2,1-5H3,(H2-,43,44,45,46,47,48,49,50);;;/q;3*+1/p-2. The van der Waals surface area contributed by atoms with Gasteiger partial charge in [-0.2, -0.15) is 4.58 Å². The third-order valence-electron chi connectivity index (χ3n) is 9.92. The second-order valence-corrected chi connectivity index (χ2v) is 16.5. The van der Waals surface area contributed by atoms with Crippen LogP contribution in [0.1, 0.15) is 45.1 Å². The Balaban J connectivity index is 0.00000271. The van der Waals surface area contributed by atoms with E-state index in [0.717, 1.165) is 33.7 Å². The average Bonchev–Trinajstić information content (AvgIpc) is 3.46. The third-order valence-corrected chi connectivity index (χ3v) is 11.6. The summed E-state index contributed by atoms with van der Waals surface area (Å²) in [5.41, 5.74) is 3.45. The number of rotatable bonds is 12. The van der Waals surface area contributed by atoms with E-state index in [1.54, 1.807) is 6.07 Å². The van der Waals surface area contributed by atoms with Crippen LogP contribution >= 0.6 is 0 Å². The van der Waals surface area contributed by atoms with Gasteiger partial charge in [-0.3, -0.25) is 0 Å². The zero-order chi connectivity index (χ0) is 37.7. The molecule has 4 aromatic carbocycles. The van der Waals surface area contributed by atoms with Crippen LogP contribution in [0.25, 0.3) is 38.5 Å². The number of anilines is 1. The summed E-state index contributed by atoms with van der Waals surface area (Å²) in [6.45, 7) is 4.28. The van der Waals surface area contributed by atoms with Crippen molar-refractivity contribution < 1.29 is 129 Å². The minimum atomic E-state index is -5.15. The summed E-state index contributed by atoms with van der Waals surface area (Å²) in [5.74, 6) is -1.12. The first-order chi connectivity index (χ1) is 24.4. The predicted molar refractivity (Wildman–Crippen MR) is 199 cm³/mol. The van der Waals surface area contributed by atoms with Gasteiger partial charge in [0.1, 0.15) is 26.8 Å². The summed E-state index contributed by atoms with van der Waals surface area (Å²) in [6, 6.07) is 15.5. The van der Waals surface area contributed by atoms with Crippen molar-refractivity contribution in [1.29, 1.82) is 0 Å². The molecule has 0 saturated heterocycles. The van der Waals surface area contributed by atoms with Gasteiger partial charge in [-0.25, -0.2) is 16.8 Å². The molecule has 0 spiro atoms. The maximum absolute atomic E-state index is 12.3. The molecule has 11 nitrogen and oxygen atoms in total. The number of aliphatic carboxylic acids is 1. The predicted octanol–water partition coefficient (Wildman–Crippen LogP) is -4.63. The Morgan fingerprint density at radius 1 is 0.836 bits per heavy atom. The van der Waals surface area contributed by atoms with Crippen LogP contribution < -0.4 is 104 Å². The molecule has 6 rings (SSSR count). The SMILES string of the molecule is CN(C)c1ccc2c3c1cccc3\c(=C/C=C/C=C/C1=[N+](CCCCCC(=O)[O-])c3ccc4c(S(=O)(=O)[O-])cc(S(=O)(=O)[O-])cc4c3C1(C)C)n2C.[Na+].[Na+].[Na+]. The molecule has 1 aliphatic rings. The quantitative estimate of drug-likeness (QED) is 0.0397. The summed E-state index contributed by atoms with van der Waals surface area (Å²) in [6.07, 6.45) is 11.3. The molecule has 0 fully saturated rings. The molecule has 272 valence electrons. The Bertz CT molecular complexity index is 2670. The zero-order valence-electron chi connectivity index (χ0n) is 32.5. The molecule has 55 heavy (non-hydrogen) atoms. The number of aromatic nitrogens is 1. The number of aryl methyl sites for hydroxylation is 1. The van der Waals surface area contributed by atoms with Crippen LogP contribution in [0.15, 0.2) is 88.7 Å².